The van der Waals surface area contributed by atoms with Gasteiger partial charge in [-0.1, -0.05) is 0 Å². The molecule has 0 saturated carbocycles. The molecule has 1 aliphatic heterocycles. The maximum absolute atomic E-state index is 12.0. The first-order chi connectivity index (χ1) is 8.18. The van der Waals surface area contributed by atoms with Crippen molar-refractivity contribution < 1.29 is 0 Å². The zero-order valence-electron chi connectivity index (χ0n) is 10.7. The molecular weight excluding hydrogens is 216 g/mol. The molecule has 96 valence electrons. The fraction of sp³-hybridized carbons (Fsp3) is 0.750. The molecule has 17 heavy (non-hydrogen) atoms. The number of nitrogens with zero attached hydrogens (tertiary/aromatic N) is 3. The second kappa shape index (κ2) is 5.51. The van der Waals surface area contributed by atoms with E-state index in [0.717, 1.165) is 39.3 Å². The molecule has 1 aromatic rings. The van der Waals surface area contributed by atoms with Gasteiger partial charge in [-0.05, 0) is 13.8 Å². The molecule has 0 atom stereocenters. The van der Waals surface area contributed by atoms with Crippen LogP contribution in [0, 0.1) is 0 Å². The summed E-state index contributed by atoms with van der Waals surface area (Å²) in [6.07, 6.45) is 3.77. The van der Waals surface area contributed by atoms with Crippen molar-refractivity contribution in [3.63, 3.8) is 0 Å². The van der Waals surface area contributed by atoms with Crippen molar-refractivity contribution in [2.75, 3.05) is 32.7 Å². The first-order valence-electron chi connectivity index (χ1n) is 6.39. The highest BCUT2D eigenvalue weighted by Gasteiger charge is 2.10. The Balaban J connectivity index is 1.92. The molecular formula is C12H22N4O. The summed E-state index contributed by atoms with van der Waals surface area (Å²) in [5, 5.41) is 3.33. The Morgan fingerprint density at radius 1 is 1.24 bits per heavy atom. The summed E-state index contributed by atoms with van der Waals surface area (Å²) in [5.74, 6) is 0. The first-order valence-corrected chi connectivity index (χ1v) is 6.39. The van der Waals surface area contributed by atoms with E-state index >= 15 is 0 Å². The summed E-state index contributed by atoms with van der Waals surface area (Å²) in [6.45, 7) is 10.1. The molecule has 0 aromatic carbocycles. The van der Waals surface area contributed by atoms with Gasteiger partial charge in [-0.3, -0.25) is 14.0 Å². The van der Waals surface area contributed by atoms with Crippen molar-refractivity contribution in [1.82, 2.24) is 19.4 Å². The highest BCUT2D eigenvalue weighted by atomic mass is 16.1. The van der Waals surface area contributed by atoms with Gasteiger partial charge in [0.2, 0.25) is 0 Å². The van der Waals surface area contributed by atoms with E-state index in [1.165, 1.54) is 0 Å². The summed E-state index contributed by atoms with van der Waals surface area (Å²) < 4.78 is 3.58. The van der Waals surface area contributed by atoms with E-state index in [0.29, 0.717) is 0 Å². The number of rotatable bonds is 4. The highest BCUT2D eigenvalue weighted by molar-refractivity contribution is 4.84. The van der Waals surface area contributed by atoms with Crippen LogP contribution in [-0.4, -0.2) is 46.8 Å². The number of hydrogen-bond acceptors (Lipinski definition) is 3. The van der Waals surface area contributed by atoms with Gasteiger partial charge >= 0.3 is 5.69 Å². The van der Waals surface area contributed by atoms with E-state index in [-0.39, 0.29) is 11.7 Å². The smallest absolute Gasteiger partial charge is 0.314 e. The van der Waals surface area contributed by atoms with Crippen molar-refractivity contribution in [3.05, 3.63) is 22.9 Å². The van der Waals surface area contributed by atoms with E-state index < -0.39 is 0 Å². The molecule has 0 spiro atoms. The predicted octanol–water partition coefficient (Wildman–Crippen LogP) is 0.136. The second-order valence-electron chi connectivity index (χ2n) is 4.87. The molecule has 1 fully saturated rings. The molecule has 1 N–H and O–H groups in total. The molecule has 0 aliphatic carbocycles. The summed E-state index contributed by atoms with van der Waals surface area (Å²) in [4.78, 5) is 14.4. The molecule has 2 heterocycles. The van der Waals surface area contributed by atoms with Crippen molar-refractivity contribution in [1.29, 1.82) is 0 Å². The molecule has 5 heteroatoms. The molecule has 0 unspecified atom stereocenters. The van der Waals surface area contributed by atoms with Crippen LogP contribution < -0.4 is 11.0 Å². The molecule has 1 saturated heterocycles. The number of piperazine rings is 1. The van der Waals surface area contributed by atoms with Gasteiger partial charge in [0, 0.05) is 57.7 Å². The van der Waals surface area contributed by atoms with Crippen molar-refractivity contribution in [2.24, 2.45) is 0 Å². The van der Waals surface area contributed by atoms with E-state index in [1.54, 1.807) is 4.57 Å². The Morgan fingerprint density at radius 3 is 2.53 bits per heavy atom. The van der Waals surface area contributed by atoms with E-state index in [2.05, 4.69) is 10.2 Å². The second-order valence-corrected chi connectivity index (χ2v) is 4.87. The van der Waals surface area contributed by atoms with E-state index in [4.69, 9.17) is 0 Å². The van der Waals surface area contributed by atoms with Gasteiger partial charge < -0.3 is 5.32 Å². The number of aromatic nitrogens is 2. The van der Waals surface area contributed by atoms with Crippen LogP contribution >= 0.6 is 0 Å². The highest BCUT2D eigenvalue weighted by Crippen LogP contribution is 1.99. The molecule has 0 bridgehead atoms. The number of hydrogen-bond donors (Lipinski definition) is 1. The SMILES string of the molecule is CC(C)n1ccn(CCN2CCNCC2)c1=O. The fourth-order valence-electron chi connectivity index (χ4n) is 2.18. The van der Waals surface area contributed by atoms with Crippen LogP contribution in [0.4, 0.5) is 0 Å². The minimum absolute atomic E-state index is 0.107. The average molecular weight is 238 g/mol. The van der Waals surface area contributed by atoms with Crippen molar-refractivity contribution in [3.8, 4) is 0 Å². The maximum atomic E-state index is 12.0. The van der Waals surface area contributed by atoms with E-state index in [9.17, 15) is 4.79 Å². The van der Waals surface area contributed by atoms with Gasteiger partial charge in [0.1, 0.15) is 0 Å². The lowest BCUT2D eigenvalue weighted by atomic mass is 10.3. The Morgan fingerprint density at radius 2 is 1.94 bits per heavy atom. The summed E-state index contributed by atoms with van der Waals surface area (Å²) in [7, 11) is 0. The van der Waals surface area contributed by atoms with Crippen LogP contribution in [-0.2, 0) is 6.54 Å². The maximum Gasteiger partial charge on any atom is 0.328 e. The predicted molar refractivity (Wildman–Crippen MR) is 68.4 cm³/mol. The zero-order valence-corrected chi connectivity index (χ0v) is 10.7. The molecule has 2 rings (SSSR count). The zero-order chi connectivity index (χ0) is 12.3. The van der Waals surface area contributed by atoms with Gasteiger partial charge in [0.05, 0.1) is 0 Å². The van der Waals surface area contributed by atoms with Crippen LogP contribution in [0.2, 0.25) is 0 Å². The van der Waals surface area contributed by atoms with Crippen LogP contribution in [0.1, 0.15) is 19.9 Å². The van der Waals surface area contributed by atoms with Crippen molar-refractivity contribution >= 4 is 0 Å². The quantitative estimate of drug-likeness (QED) is 0.811. The summed E-state index contributed by atoms with van der Waals surface area (Å²) in [6, 6.07) is 0.239. The average Bonchev–Trinajstić information content (AvgIpc) is 2.69. The van der Waals surface area contributed by atoms with Crippen LogP contribution in [0.15, 0.2) is 17.2 Å². The van der Waals surface area contributed by atoms with E-state index in [1.807, 2.05) is 30.8 Å². The Labute approximate surface area is 102 Å². The normalized spacial score (nSPS) is 17.8. The molecule has 0 radical (unpaired) electrons. The van der Waals surface area contributed by atoms with Gasteiger partial charge in [-0.2, -0.15) is 0 Å². The topological polar surface area (TPSA) is 42.2 Å². The lowest BCUT2D eigenvalue weighted by molar-refractivity contribution is 0.231. The van der Waals surface area contributed by atoms with Gasteiger partial charge in [-0.15, -0.1) is 0 Å². The molecule has 1 aromatic heterocycles. The third-order valence-electron chi connectivity index (χ3n) is 3.30. The Bertz CT molecular complexity index is 401. The van der Waals surface area contributed by atoms with Crippen molar-refractivity contribution in [2.45, 2.75) is 26.4 Å². The van der Waals surface area contributed by atoms with Crippen LogP contribution in [0.3, 0.4) is 0 Å². The molecule has 0 amide bonds. The van der Waals surface area contributed by atoms with Gasteiger partial charge in [0.15, 0.2) is 0 Å². The van der Waals surface area contributed by atoms with Gasteiger partial charge in [-0.25, -0.2) is 4.79 Å². The largest absolute Gasteiger partial charge is 0.328 e. The fourth-order valence-corrected chi connectivity index (χ4v) is 2.18. The standard InChI is InChI=1S/C12H22N4O/c1-11(2)16-10-9-15(12(16)17)8-7-14-5-3-13-4-6-14/h9-11,13H,3-8H2,1-2H3. The molecule has 5 nitrogen and oxygen atoms in total. The lowest BCUT2D eigenvalue weighted by Crippen LogP contribution is -2.45. The lowest BCUT2D eigenvalue weighted by Gasteiger charge is -2.26. The summed E-state index contributed by atoms with van der Waals surface area (Å²) in [5.41, 5.74) is 0.107. The third kappa shape index (κ3) is 2.98. The molecule has 1 aliphatic rings. The van der Waals surface area contributed by atoms with Crippen LogP contribution in [0.5, 0.6) is 0 Å². The Kier molecular flexibility index (Phi) is 4.02. The summed E-state index contributed by atoms with van der Waals surface area (Å²) >= 11 is 0. The number of imidazole rings is 1. The van der Waals surface area contributed by atoms with Crippen LogP contribution in [0.25, 0.3) is 0 Å². The van der Waals surface area contributed by atoms with Gasteiger partial charge in [0.25, 0.3) is 0 Å². The Hall–Kier alpha value is -1.07. The minimum Gasteiger partial charge on any atom is -0.314 e. The minimum atomic E-state index is 0.107. The monoisotopic (exact) mass is 238 g/mol. The third-order valence-corrected chi connectivity index (χ3v) is 3.30. The first kappa shape index (κ1) is 12.4. The number of nitrogens with one attached hydrogen (secondary N) is 1.